The fourth-order valence-corrected chi connectivity index (χ4v) is 8.49. The summed E-state index contributed by atoms with van der Waals surface area (Å²) in [6.45, 7) is 0.788. The Morgan fingerprint density at radius 1 is 1.04 bits per heavy atom. The Bertz CT molecular complexity index is 1770. The zero-order valence-electron chi connectivity index (χ0n) is 27.8. The molecule has 6 unspecified atom stereocenters. The SMILES string of the molecule is O=C(NC1CCCCC/C=C\C2CC2(C(=O)NS(=O)(=O)C2CC2)NC(=O)C2CC(Oc3nccc4ccccc34)CN2C1=O)OC1CCOC1. The van der Waals surface area contributed by atoms with Crippen molar-refractivity contribution >= 4 is 44.6 Å². The summed E-state index contributed by atoms with van der Waals surface area (Å²) in [5.41, 5.74) is -1.48. The van der Waals surface area contributed by atoms with Gasteiger partial charge < -0.3 is 29.7 Å². The van der Waals surface area contributed by atoms with Crippen LogP contribution < -0.4 is 20.1 Å². The normalized spacial score (nSPS) is 31.0. The van der Waals surface area contributed by atoms with E-state index in [1.807, 2.05) is 42.5 Å². The zero-order chi connectivity index (χ0) is 34.9. The second kappa shape index (κ2) is 14.2. The highest BCUT2D eigenvalue weighted by Gasteiger charge is 2.62. The van der Waals surface area contributed by atoms with Crippen LogP contribution in [0, 0.1) is 5.92 Å². The maximum Gasteiger partial charge on any atom is 0.408 e. The molecule has 4 fully saturated rings. The molecule has 0 bridgehead atoms. The van der Waals surface area contributed by atoms with Crippen molar-refractivity contribution in [1.29, 1.82) is 0 Å². The molecule has 2 aliphatic carbocycles. The Kier molecular flexibility index (Phi) is 9.70. The number of sulfonamides is 1. The number of benzene rings is 1. The number of amides is 4. The van der Waals surface area contributed by atoms with Gasteiger partial charge in [-0.3, -0.25) is 19.1 Å². The lowest BCUT2D eigenvalue weighted by atomic mass is 10.0. The molecule has 0 radical (unpaired) electrons. The van der Waals surface area contributed by atoms with Gasteiger partial charge in [-0.1, -0.05) is 43.2 Å². The van der Waals surface area contributed by atoms with Gasteiger partial charge in [0.25, 0.3) is 5.91 Å². The molecule has 15 heteroatoms. The van der Waals surface area contributed by atoms with E-state index in [1.165, 1.54) is 4.90 Å². The third-order valence-electron chi connectivity index (χ3n) is 10.2. The van der Waals surface area contributed by atoms with Gasteiger partial charge >= 0.3 is 6.09 Å². The Balaban J connectivity index is 1.17. The third-order valence-corrected chi connectivity index (χ3v) is 12.0. The molecular weight excluding hydrogens is 666 g/mol. The topological polar surface area (TPSA) is 182 Å². The Hall–Kier alpha value is -4.24. The first-order chi connectivity index (χ1) is 24.1. The van der Waals surface area contributed by atoms with Crippen molar-refractivity contribution in [3.63, 3.8) is 0 Å². The number of carbonyl (C=O) groups excluding carboxylic acids is 4. The van der Waals surface area contributed by atoms with Crippen molar-refractivity contribution in [3.8, 4) is 5.88 Å². The van der Waals surface area contributed by atoms with E-state index in [1.54, 1.807) is 6.20 Å². The van der Waals surface area contributed by atoms with Crippen LogP contribution in [0.5, 0.6) is 5.88 Å². The maximum atomic E-state index is 14.4. The lowest BCUT2D eigenvalue weighted by Gasteiger charge is -2.30. The Morgan fingerprint density at radius 3 is 2.68 bits per heavy atom. The molecule has 3 N–H and O–H groups in total. The fraction of sp³-hybridized carbons (Fsp3) is 0.571. The maximum absolute atomic E-state index is 14.4. The molecule has 50 heavy (non-hydrogen) atoms. The lowest BCUT2D eigenvalue weighted by molar-refractivity contribution is -0.141. The van der Waals surface area contributed by atoms with Crippen molar-refractivity contribution in [2.24, 2.45) is 5.92 Å². The van der Waals surface area contributed by atoms with Crippen LogP contribution in [0.15, 0.2) is 48.7 Å². The van der Waals surface area contributed by atoms with Crippen molar-refractivity contribution in [2.75, 3.05) is 19.8 Å². The number of fused-ring (bicyclic) bond motifs is 3. The fourth-order valence-electron chi connectivity index (χ4n) is 7.12. The van der Waals surface area contributed by atoms with Crippen LogP contribution in [0.2, 0.25) is 0 Å². The predicted molar refractivity (Wildman–Crippen MR) is 180 cm³/mol. The molecular formula is C35H43N5O9S. The van der Waals surface area contributed by atoms with Gasteiger partial charge in [0.05, 0.1) is 25.0 Å². The number of aromatic nitrogens is 1. The minimum absolute atomic E-state index is 0.0180. The molecule has 2 saturated heterocycles. The number of rotatable bonds is 7. The summed E-state index contributed by atoms with van der Waals surface area (Å²) < 4.78 is 45.0. The van der Waals surface area contributed by atoms with Crippen LogP contribution in [0.4, 0.5) is 4.79 Å². The number of hydrogen-bond acceptors (Lipinski definition) is 10. The van der Waals surface area contributed by atoms with E-state index in [9.17, 15) is 27.6 Å². The molecule has 2 saturated carbocycles. The van der Waals surface area contributed by atoms with Gasteiger partial charge in [-0.2, -0.15) is 0 Å². The van der Waals surface area contributed by atoms with Crippen LogP contribution in [0.3, 0.4) is 0 Å². The van der Waals surface area contributed by atoms with Gasteiger partial charge in [0.2, 0.25) is 27.7 Å². The minimum Gasteiger partial charge on any atom is -0.472 e. The van der Waals surface area contributed by atoms with E-state index in [0.717, 1.165) is 23.6 Å². The second-order valence-corrected chi connectivity index (χ2v) is 15.9. The molecule has 3 aliphatic heterocycles. The number of pyridine rings is 1. The van der Waals surface area contributed by atoms with Crippen LogP contribution in [-0.4, -0.2) is 97.0 Å². The van der Waals surface area contributed by atoms with E-state index in [0.29, 0.717) is 51.0 Å². The highest BCUT2D eigenvalue weighted by atomic mass is 32.2. The summed E-state index contributed by atoms with van der Waals surface area (Å²) >= 11 is 0. The molecule has 0 spiro atoms. The van der Waals surface area contributed by atoms with Crippen LogP contribution >= 0.6 is 0 Å². The van der Waals surface area contributed by atoms with Gasteiger partial charge in [0.15, 0.2) is 0 Å². The van der Waals surface area contributed by atoms with Crippen molar-refractivity contribution < 1.29 is 41.8 Å². The molecule has 14 nitrogen and oxygen atoms in total. The van der Waals surface area contributed by atoms with E-state index < -0.39 is 74.8 Å². The summed E-state index contributed by atoms with van der Waals surface area (Å²) in [5.74, 6) is -1.92. The summed E-state index contributed by atoms with van der Waals surface area (Å²) in [6.07, 6.45) is 8.72. The van der Waals surface area contributed by atoms with Gasteiger partial charge in [0, 0.05) is 30.3 Å². The first-order valence-electron chi connectivity index (χ1n) is 17.5. The monoisotopic (exact) mass is 709 g/mol. The summed E-state index contributed by atoms with van der Waals surface area (Å²) in [7, 11) is -3.87. The molecule has 5 aliphatic rings. The molecule has 4 amide bonds. The smallest absolute Gasteiger partial charge is 0.408 e. The highest BCUT2D eigenvalue weighted by molar-refractivity contribution is 7.91. The Morgan fingerprint density at radius 2 is 1.88 bits per heavy atom. The average molecular weight is 710 g/mol. The largest absolute Gasteiger partial charge is 0.472 e. The first-order valence-corrected chi connectivity index (χ1v) is 19.1. The predicted octanol–water partition coefficient (Wildman–Crippen LogP) is 2.47. The number of ether oxygens (including phenoxy) is 3. The van der Waals surface area contributed by atoms with E-state index in [2.05, 4.69) is 20.3 Å². The van der Waals surface area contributed by atoms with Gasteiger partial charge in [-0.05, 0) is 56.0 Å². The third kappa shape index (κ3) is 7.43. The molecule has 2 aromatic rings. The number of alkyl carbamates (subject to hydrolysis) is 1. The molecule has 7 rings (SSSR count). The van der Waals surface area contributed by atoms with Crippen molar-refractivity contribution in [2.45, 2.75) is 99.3 Å². The summed E-state index contributed by atoms with van der Waals surface area (Å²) in [4.78, 5) is 61.1. The zero-order valence-corrected chi connectivity index (χ0v) is 28.6. The van der Waals surface area contributed by atoms with E-state index >= 15 is 0 Å². The number of hydrogen-bond donors (Lipinski definition) is 3. The number of nitrogens with one attached hydrogen (secondary N) is 3. The van der Waals surface area contributed by atoms with Crippen LogP contribution in [0.25, 0.3) is 10.8 Å². The molecule has 6 atom stereocenters. The molecule has 268 valence electrons. The molecule has 1 aromatic heterocycles. The number of allylic oxidation sites excluding steroid dienone is 1. The average Bonchev–Trinajstić information content (AvgIpc) is 3.97. The Labute approximate surface area is 290 Å². The minimum atomic E-state index is -3.87. The van der Waals surface area contributed by atoms with Crippen LogP contribution in [-0.2, 0) is 33.9 Å². The first kappa shape index (κ1) is 34.2. The second-order valence-electron chi connectivity index (χ2n) is 13.9. The van der Waals surface area contributed by atoms with E-state index in [4.69, 9.17) is 14.2 Å². The van der Waals surface area contributed by atoms with Crippen LogP contribution in [0.1, 0.15) is 64.2 Å². The molecule has 1 aromatic carbocycles. The summed E-state index contributed by atoms with van der Waals surface area (Å²) in [5, 5.41) is 6.69. The standard InChI is InChI=1S/C35H43N5O9S/c41-30-29-18-25(48-31-27-10-7-6-8-22(27)14-16-36-31)20-40(29)32(42)28(37-34(44)49-24-15-17-47-21-24)11-5-3-1-2-4-9-23-19-35(23,38-30)33(43)39-50(45,46)26-12-13-26/h4,6-10,14,16,23-26,28-29H,1-3,5,11-13,15,17-21H2,(H,37,44)(H,38,41)(H,39,43)/b9-4-. The van der Waals surface area contributed by atoms with Gasteiger partial charge in [-0.25, -0.2) is 18.2 Å². The summed E-state index contributed by atoms with van der Waals surface area (Å²) in [6, 6.07) is 7.38. The quantitative estimate of drug-likeness (QED) is 0.361. The van der Waals surface area contributed by atoms with Gasteiger partial charge in [0.1, 0.15) is 29.8 Å². The van der Waals surface area contributed by atoms with Crippen molar-refractivity contribution in [1.82, 2.24) is 25.2 Å². The lowest BCUT2D eigenvalue weighted by Crippen LogP contribution is -2.58. The number of nitrogens with zero attached hydrogens (tertiary/aromatic N) is 2. The van der Waals surface area contributed by atoms with Gasteiger partial charge in [-0.15, -0.1) is 0 Å². The molecule has 4 heterocycles. The van der Waals surface area contributed by atoms with Crippen molar-refractivity contribution in [3.05, 3.63) is 48.7 Å². The highest BCUT2D eigenvalue weighted by Crippen LogP contribution is 2.46. The van der Waals surface area contributed by atoms with E-state index in [-0.39, 0.29) is 26.0 Å². The number of carbonyl (C=O) groups is 4.